The van der Waals surface area contributed by atoms with Crippen molar-refractivity contribution in [3.8, 4) is 11.1 Å². The lowest BCUT2D eigenvalue weighted by molar-refractivity contribution is 0.0652. The molecule has 1 saturated carbocycles. The van der Waals surface area contributed by atoms with Gasteiger partial charge in [-0.3, -0.25) is 9.20 Å². The molecule has 1 amide bonds. The van der Waals surface area contributed by atoms with E-state index in [4.69, 9.17) is 4.74 Å². The number of carbonyl (C=O) groups is 1. The molecular weight excluding hydrogens is 387 g/mol. The molecule has 8 heteroatoms. The molecule has 1 aliphatic heterocycles. The van der Waals surface area contributed by atoms with Crippen LogP contribution in [0.2, 0.25) is 0 Å². The summed E-state index contributed by atoms with van der Waals surface area (Å²) in [5.74, 6) is -0.697. The second-order valence-corrected chi connectivity index (χ2v) is 8.09. The molecule has 2 aliphatic rings. The summed E-state index contributed by atoms with van der Waals surface area (Å²) in [6.45, 7) is 2.92. The quantitative estimate of drug-likeness (QED) is 0.718. The summed E-state index contributed by atoms with van der Waals surface area (Å²) < 4.78 is 23.0. The zero-order valence-corrected chi connectivity index (χ0v) is 16.7. The van der Waals surface area contributed by atoms with E-state index in [1.807, 2.05) is 0 Å². The molecule has 2 aromatic heterocycles. The number of carbonyl (C=O) groups excluding carboxylic acids is 1. The van der Waals surface area contributed by atoms with Crippen LogP contribution < -0.4 is 11.0 Å². The molecule has 0 radical (unpaired) electrons. The van der Waals surface area contributed by atoms with Crippen molar-refractivity contribution in [1.29, 1.82) is 0 Å². The van der Waals surface area contributed by atoms with Crippen LogP contribution in [0.3, 0.4) is 0 Å². The first kappa shape index (κ1) is 19.0. The second-order valence-electron chi connectivity index (χ2n) is 8.09. The van der Waals surface area contributed by atoms with E-state index < -0.39 is 5.82 Å². The van der Waals surface area contributed by atoms with Crippen molar-refractivity contribution in [2.75, 3.05) is 13.2 Å². The van der Waals surface area contributed by atoms with Gasteiger partial charge < -0.3 is 10.1 Å². The highest BCUT2D eigenvalue weighted by atomic mass is 19.1. The molecule has 5 rings (SSSR count). The van der Waals surface area contributed by atoms with E-state index >= 15 is 0 Å². The van der Waals surface area contributed by atoms with Gasteiger partial charge in [0.05, 0.1) is 6.04 Å². The van der Waals surface area contributed by atoms with Gasteiger partial charge in [-0.15, -0.1) is 5.10 Å². The number of halogens is 1. The minimum Gasteiger partial charge on any atom is -0.381 e. The SMILES string of the molecule is Cc1c(F)cc(C(=O)NC2CC2)cc1-c1ccn2c(=O)n(C3CCOCC3)nc2c1. The Bertz CT molecular complexity index is 1190. The Balaban J connectivity index is 1.54. The Morgan fingerprint density at radius 1 is 1.20 bits per heavy atom. The number of hydrogen-bond acceptors (Lipinski definition) is 4. The summed E-state index contributed by atoms with van der Waals surface area (Å²) >= 11 is 0. The monoisotopic (exact) mass is 410 g/mol. The largest absolute Gasteiger partial charge is 0.381 e. The highest BCUT2D eigenvalue weighted by Gasteiger charge is 2.25. The second kappa shape index (κ2) is 7.36. The van der Waals surface area contributed by atoms with Crippen LogP contribution in [0.5, 0.6) is 0 Å². The molecule has 1 aromatic carbocycles. The van der Waals surface area contributed by atoms with Crippen molar-refractivity contribution < 1.29 is 13.9 Å². The fourth-order valence-corrected chi connectivity index (χ4v) is 3.93. The number of hydrogen-bond donors (Lipinski definition) is 1. The van der Waals surface area contributed by atoms with E-state index in [9.17, 15) is 14.0 Å². The Kier molecular flexibility index (Phi) is 4.66. The predicted molar refractivity (Wildman–Crippen MR) is 109 cm³/mol. The molecule has 0 atom stereocenters. The van der Waals surface area contributed by atoms with E-state index in [0.717, 1.165) is 25.7 Å². The predicted octanol–water partition coefficient (Wildman–Crippen LogP) is 2.85. The topological polar surface area (TPSA) is 77.6 Å². The van der Waals surface area contributed by atoms with Crippen molar-refractivity contribution in [2.45, 2.75) is 44.7 Å². The highest BCUT2D eigenvalue weighted by molar-refractivity contribution is 5.96. The number of ether oxygens (including phenoxy) is 1. The molecule has 3 heterocycles. The first-order valence-corrected chi connectivity index (χ1v) is 10.3. The molecule has 1 aliphatic carbocycles. The summed E-state index contributed by atoms with van der Waals surface area (Å²) in [5.41, 5.74) is 2.38. The Labute approximate surface area is 172 Å². The number of benzene rings is 1. The number of nitrogens with zero attached hydrogens (tertiary/aromatic N) is 3. The number of rotatable bonds is 4. The van der Waals surface area contributed by atoms with E-state index in [1.54, 1.807) is 31.3 Å². The minimum absolute atomic E-state index is 0.0169. The van der Waals surface area contributed by atoms with Crippen LogP contribution in [0.15, 0.2) is 35.3 Å². The standard InChI is InChI=1S/C22H23FN4O3/c1-13-18(10-15(11-19(13)23)21(28)24-16-2-3-16)14-4-7-26-20(12-14)25-27(22(26)29)17-5-8-30-9-6-17/h4,7,10-12,16-17H,2-3,5-6,8-9H2,1H3,(H,24,28). The number of amides is 1. The first-order chi connectivity index (χ1) is 14.5. The zero-order chi connectivity index (χ0) is 20.8. The minimum atomic E-state index is -0.432. The van der Waals surface area contributed by atoms with Gasteiger partial charge in [0, 0.05) is 31.0 Å². The summed E-state index contributed by atoms with van der Waals surface area (Å²) in [6.07, 6.45) is 5.09. The fourth-order valence-electron chi connectivity index (χ4n) is 3.93. The smallest absolute Gasteiger partial charge is 0.350 e. The average Bonchev–Trinajstić information content (AvgIpc) is 3.51. The normalized spacial score (nSPS) is 17.4. The van der Waals surface area contributed by atoms with Crippen molar-refractivity contribution in [3.05, 3.63) is 57.9 Å². The van der Waals surface area contributed by atoms with Crippen LogP contribution >= 0.6 is 0 Å². The molecule has 1 saturated heterocycles. The molecule has 30 heavy (non-hydrogen) atoms. The van der Waals surface area contributed by atoms with Crippen molar-refractivity contribution >= 4 is 11.6 Å². The van der Waals surface area contributed by atoms with Gasteiger partial charge in [0.25, 0.3) is 5.91 Å². The van der Waals surface area contributed by atoms with Gasteiger partial charge in [-0.1, -0.05) is 0 Å². The molecule has 0 spiro atoms. The Morgan fingerprint density at radius 3 is 2.70 bits per heavy atom. The van der Waals surface area contributed by atoms with Crippen molar-refractivity contribution in [1.82, 2.24) is 19.5 Å². The van der Waals surface area contributed by atoms with Gasteiger partial charge in [-0.2, -0.15) is 0 Å². The Hall–Kier alpha value is -3.00. The maximum absolute atomic E-state index is 14.6. The number of pyridine rings is 1. The lowest BCUT2D eigenvalue weighted by atomic mass is 9.98. The van der Waals surface area contributed by atoms with E-state index in [1.165, 1.54) is 15.1 Å². The number of fused-ring (bicyclic) bond motifs is 1. The lowest BCUT2D eigenvalue weighted by Gasteiger charge is -2.20. The van der Waals surface area contributed by atoms with Crippen LogP contribution in [0.4, 0.5) is 4.39 Å². The van der Waals surface area contributed by atoms with Crippen LogP contribution in [0, 0.1) is 12.7 Å². The van der Waals surface area contributed by atoms with Gasteiger partial charge in [0.15, 0.2) is 5.65 Å². The van der Waals surface area contributed by atoms with Gasteiger partial charge >= 0.3 is 5.69 Å². The molecule has 1 N–H and O–H groups in total. The summed E-state index contributed by atoms with van der Waals surface area (Å²) in [4.78, 5) is 25.2. The molecule has 0 unspecified atom stereocenters. The summed E-state index contributed by atoms with van der Waals surface area (Å²) in [5, 5.41) is 7.41. The zero-order valence-electron chi connectivity index (χ0n) is 16.7. The van der Waals surface area contributed by atoms with Gasteiger partial charge in [0.2, 0.25) is 0 Å². The van der Waals surface area contributed by atoms with E-state index in [0.29, 0.717) is 41.1 Å². The van der Waals surface area contributed by atoms with Crippen LogP contribution in [-0.2, 0) is 4.74 Å². The van der Waals surface area contributed by atoms with Gasteiger partial charge in [-0.25, -0.2) is 13.9 Å². The first-order valence-electron chi connectivity index (χ1n) is 10.3. The third-order valence-electron chi connectivity index (χ3n) is 5.91. The number of nitrogens with one attached hydrogen (secondary N) is 1. The highest BCUT2D eigenvalue weighted by Crippen LogP contribution is 2.28. The fraction of sp³-hybridized carbons (Fsp3) is 0.409. The molecule has 0 bridgehead atoms. The molecule has 156 valence electrons. The number of aromatic nitrogens is 3. The van der Waals surface area contributed by atoms with E-state index in [-0.39, 0.29) is 23.7 Å². The van der Waals surface area contributed by atoms with Gasteiger partial charge in [-0.05, 0) is 73.6 Å². The maximum atomic E-state index is 14.6. The summed E-state index contributed by atoms with van der Waals surface area (Å²) in [7, 11) is 0. The van der Waals surface area contributed by atoms with Crippen LogP contribution in [0.25, 0.3) is 16.8 Å². The van der Waals surface area contributed by atoms with Crippen molar-refractivity contribution in [2.24, 2.45) is 0 Å². The molecular formula is C22H23FN4O3. The third kappa shape index (κ3) is 3.41. The third-order valence-corrected chi connectivity index (χ3v) is 5.91. The molecule has 7 nitrogen and oxygen atoms in total. The van der Waals surface area contributed by atoms with Crippen LogP contribution in [-0.4, -0.2) is 39.3 Å². The van der Waals surface area contributed by atoms with E-state index in [2.05, 4.69) is 10.4 Å². The van der Waals surface area contributed by atoms with Gasteiger partial charge in [0.1, 0.15) is 5.82 Å². The summed E-state index contributed by atoms with van der Waals surface area (Å²) in [6, 6.07) is 6.72. The van der Waals surface area contributed by atoms with Crippen LogP contribution in [0.1, 0.15) is 47.6 Å². The molecule has 2 fully saturated rings. The average molecular weight is 410 g/mol. The maximum Gasteiger partial charge on any atom is 0.350 e. The molecule has 3 aromatic rings. The van der Waals surface area contributed by atoms with Crippen molar-refractivity contribution in [3.63, 3.8) is 0 Å². The Morgan fingerprint density at radius 2 is 1.97 bits per heavy atom. The lowest BCUT2D eigenvalue weighted by Crippen LogP contribution is -2.29.